The highest BCUT2D eigenvalue weighted by Crippen LogP contribution is 2.27. The molecule has 0 unspecified atom stereocenters. The molecular weight excluding hydrogens is 370 g/mol. The largest absolute Gasteiger partial charge is 0.465 e. The fourth-order valence-electron chi connectivity index (χ4n) is 0.814. The second-order valence-electron chi connectivity index (χ2n) is 2.24. The van der Waals surface area contributed by atoms with E-state index in [4.69, 9.17) is 11.6 Å². The molecule has 5 heteroatoms. The molecule has 0 amide bonds. The zero-order valence-corrected chi connectivity index (χ0v) is 11.1. The molecule has 0 fully saturated rings. The molecular formula is C8H5BrClIO2. The van der Waals surface area contributed by atoms with Crippen molar-refractivity contribution >= 4 is 56.1 Å². The van der Waals surface area contributed by atoms with Crippen LogP contribution in [0.15, 0.2) is 16.6 Å². The summed E-state index contributed by atoms with van der Waals surface area (Å²) in [4.78, 5) is 11.2. The molecule has 0 heterocycles. The molecule has 0 radical (unpaired) electrons. The Kier molecular flexibility index (Phi) is 4.00. The van der Waals surface area contributed by atoms with Gasteiger partial charge in [-0.2, -0.15) is 0 Å². The molecule has 70 valence electrons. The molecule has 0 saturated carbocycles. The van der Waals surface area contributed by atoms with E-state index in [2.05, 4.69) is 43.3 Å². The topological polar surface area (TPSA) is 26.3 Å². The van der Waals surface area contributed by atoms with Gasteiger partial charge in [0.1, 0.15) is 0 Å². The first kappa shape index (κ1) is 11.3. The number of carbonyl (C=O) groups is 1. The minimum absolute atomic E-state index is 0.382. The van der Waals surface area contributed by atoms with Gasteiger partial charge in [-0.05, 0) is 50.7 Å². The molecule has 1 aromatic carbocycles. The minimum Gasteiger partial charge on any atom is -0.465 e. The standard InChI is InChI=1S/C8H5BrClIO2/c1-13-8(12)5-2-4(10)3-6(9)7(5)11/h2-3H,1H3. The smallest absolute Gasteiger partial charge is 0.339 e. The summed E-state index contributed by atoms with van der Waals surface area (Å²) in [7, 11) is 1.34. The van der Waals surface area contributed by atoms with Crippen LogP contribution in [0, 0.1) is 3.57 Å². The maximum Gasteiger partial charge on any atom is 0.339 e. The highest BCUT2D eigenvalue weighted by Gasteiger charge is 2.13. The van der Waals surface area contributed by atoms with Crippen LogP contribution in [0.2, 0.25) is 5.02 Å². The minimum atomic E-state index is -0.382. The number of hydrogen-bond acceptors (Lipinski definition) is 2. The Labute approximate surface area is 103 Å². The highest BCUT2D eigenvalue weighted by molar-refractivity contribution is 14.1. The quantitative estimate of drug-likeness (QED) is 0.427. The molecule has 0 aromatic heterocycles. The summed E-state index contributed by atoms with van der Waals surface area (Å²) in [5.74, 6) is -0.382. The van der Waals surface area contributed by atoms with Crippen LogP contribution >= 0.6 is 50.1 Å². The number of methoxy groups -OCH3 is 1. The number of carbonyl (C=O) groups excluding carboxylic acids is 1. The molecule has 1 aromatic rings. The van der Waals surface area contributed by atoms with Gasteiger partial charge in [0.15, 0.2) is 0 Å². The van der Waals surface area contributed by atoms with Crippen molar-refractivity contribution in [2.75, 3.05) is 7.11 Å². The summed E-state index contributed by atoms with van der Waals surface area (Å²) in [5.41, 5.74) is 0.475. The molecule has 0 bridgehead atoms. The maximum absolute atomic E-state index is 11.2. The lowest BCUT2D eigenvalue weighted by Gasteiger charge is -2.04. The molecule has 0 aliphatic heterocycles. The van der Waals surface area contributed by atoms with Crippen LogP contribution < -0.4 is 0 Å². The fourth-order valence-corrected chi connectivity index (χ4v) is 2.16. The monoisotopic (exact) mass is 374 g/mol. The normalized spacial score (nSPS) is 9.85. The summed E-state index contributed by atoms with van der Waals surface area (Å²) < 4.78 is 6.20. The third kappa shape index (κ3) is 2.57. The molecule has 13 heavy (non-hydrogen) atoms. The number of benzene rings is 1. The Morgan fingerprint density at radius 2 is 2.23 bits per heavy atom. The van der Waals surface area contributed by atoms with Crippen molar-refractivity contribution in [2.45, 2.75) is 0 Å². The molecule has 0 N–H and O–H groups in total. The third-order valence-electron chi connectivity index (χ3n) is 1.40. The number of halogens is 3. The molecule has 1 rings (SSSR count). The molecule has 0 spiro atoms. The number of esters is 1. The van der Waals surface area contributed by atoms with E-state index in [0.29, 0.717) is 10.6 Å². The summed E-state index contributed by atoms with van der Waals surface area (Å²) in [6, 6.07) is 3.32. The molecule has 0 atom stereocenters. The summed E-state index contributed by atoms with van der Waals surface area (Å²) in [6.45, 7) is 0. The van der Waals surface area contributed by atoms with Gasteiger partial charge in [-0.15, -0.1) is 0 Å². The molecule has 0 saturated heterocycles. The first-order chi connectivity index (χ1) is 6.06. The lowest BCUT2D eigenvalue weighted by Crippen LogP contribution is -2.04. The van der Waals surface area contributed by atoms with E-state index in [1.807, 2.05) is 0 Å². The predicted molar refractivity (Wildman–Crippen MR) is 63.2 cm³/mol. The highest BCUT2D eigenvalue weighted by atomic mass is 127. The van der Waals surface area contributed by atoms with Gasteiger partial charge in [-0.1, -0.05) is 11.6 Å². The van der Waals surface area contributed by atoms with E-state index >= 15 is 0 Å². The van der Waals surface area contributed by atoms with E-state index in [0.717, 1.165) is 8.04 Å². The summed E-state index contributed by atoms with van der Waals surface area (Å²) in [6.07, 6.45) is 0. The SMILES string of the molecule is COC(=O)c1cc(Cl)cc(Br)c1I. The van der Waals surface area contributed by atoms with Crippen LogP contribution in [0.5, 0.6) is 0 Å². The summed E-state index contributed by atoms with van der Waals surface area (Å²) >= 11 is 11.1. The van der Waals surface area contributed by atoms with Crippen LogP contribution in [-0.4, -0.2) is 13.1 Å². The van der Waals surface area contributed by atoms with Gasteiger partial charge in [0, 0.05) is 13.1 Å². The lowest BCUT2D eigenvalue weighted by atomic mass is 10.2. The lowest BCUT2D eigenvalue weighted by molar-refractivity contribution is 0.0599. The van der Waals surface area contributed by atoms with Crippen molar-refractivity contribution < 1.29 is 9.53 Å². The van der Waals surface area contributed by atoms with Crippen molar-refractivity contribution in [3.8, 4) is 0 Å². The number of ether oxygens (including phenoxy) is 1. The Morgan fingerprint density at radius 1 is 1.62 bits per heavy atom. The van der Waals surface area contributed by atoms with Gasteiger partial charge in [-0.3, -0.25) is 0 Å². The molecule has 0 aliphatic carbocycles. The second kappa shape index (κ2) is 4.61. The van der Waals surface area contributed by atoms with Crippen molar-refractivity contribution in [1.29, 1.82) is 0 Å². The zero-order valence-electron chi connectivity index (χ0n) is 6.61. The van der Waals surface area contributed by atoms with Crippen molar-refractivity contribution in [3.05, 3.63) is 30.8 Å². The van der Waals surface area contributed by atoms with Crippen LogP contribution in [-0.2, 0) is 4.74 Å². The van der Waals surface area contributed by atoms with E-state index in [1.165, 1.54) is 7.11 Å². The second-order valence-corrected chi connectivity index (χ2v) is 4.61. The van der Waals surface area contributed by atoms with Crippen LogP contribution in [0.25, 0.3) is 0 Å². The first-order valence-corrected chi connectivity index (χ1v) is 5.54. The van der Waals surface area contributed by atoms with E-state index < -0.39 is 0 Å². The van der Waals surface area contributed by atoms with Crippen LogP contribution in [0.3, 0.4) is 0 Å². The Morgan fingerprint density at radius 3 is 2.77 bits per heavy atom. The summed E-state index contributed by atoms with van der Waals surface area (Å²) in [5, 5.41) is 0.507. The van der Waals surface area contributed by atoms with Gasteiger partial charge in [0.2, 0.25) is 0 Å². The van der Waals surface area contributed by atoms with Gasteiger partial charge in [0.05, 0.1) is 12.7 Å². The maximum atomic E-state index is 11.2. The average Bonchev–Trinajstić information content (AvgIpc) is 2.10. The van der Waals surface area contributed by atoms with Gasteiger partial charge < -0.3 is 4.74 Å². The molecule has 0 aliphatic rings. The Balaban J connectivity index is 3.28. The van der Waals surface area contributed by atoms with Crippen LogP contribution in [0.4, 0.5) is 0 Å². The van der Waals surface area contributed by atoms with E-state index in [1.54, 1.807) is 12.1 Å². The van der Waals surface area contributed by atoms with Gasteiger partial charge in [-0.25, -0.2) is 4.79 Å². The predicted octanol–water partition coefficient (Wildman–Crippen LogP) is 3.49. The number of rotatable bonds is 1. The van der Waals surface area contributed by atoms with Gasteiger partial charge in [0.25, 0.3) is 0 Å². The van der Waals surface area contributed by atoms with E-state index in [9.17, 15) is 4.79 Å². The van der Waals surface area contributed by atoms with E-state index in [-0.39, 0.29) is 5.97 Å². The number of hydrogen-bond donors (Lipinski definition) is 0. The zero-order chi connectivity index (χ0) is 10.0. The van der Waals surface area contributed by atoms with Gasteiger partial charge >= 0.3 is 5.97 Å². The average molecular weight is 375 g/mol. The Bertz CT molecular complexity index is 354. The van der Waals surface area contributed by atoms with Crippen molar-refractivity contribution in [1.82, 2.24) is 0 Å². The first-order valence-electron chi connectivity index (χ1n) is 3.29. The fraction of sp³-hybridized carbons (Fsp3) is 0.125. The van der Waals surface area contributed by atoms with Crippen molar-refractivity contribution in [3.63, 3.8) is 0 Å². The van der Waals surface area contributed by atoms with Crippen LogP contribution in [0.1, 0.15) is 10.4 Å². The Hall–Kier alpha value is 0.190. The molecule has 2 nitrogen and oxygen atoms in total. The van der Waals surface area contributed by atoms with Crippen molar-refractivity contribution in [2.24, 2.45) is 0 Å². The third-order valence-corrected chi connectivity index (χ3v) is 4.15.